The third kappa shape index (κ3) is 2.68. The van der Waals surface area contributed by atoms with Gasteiger partial charge in [-0.15, -0.1) is 0 Å². The quantitative estimate of drug-likeness (QED) is 0.821. The Morgan fingerprint density at radius 2 is 2.11 bits per heavy atom. The highest BCUT2D eigenvalue weighted by molar-refractivity contribution is 6.07. The fourth-order valence-electron chi connectivity index (χ4n) is 1.91. The van der Waals surface area contributed by atoms with E-state index in [1.807, 2.05) is 24.3 Å². The predicted octanol–water partition coefficient (Wildman–Crippen LogP) is 2.92. The van der Waals surface area contributed by atoms with Gasteiger partial charge < -0.3 is 10.2 Å². The molecule has 0 aliphatic rings. The van der Waals surface area contributed by atoms with E-state index in [2.05, 4.69) is 6.92 Å². The second-order valence-corrected chi connectivity index (χ2v) is 4.25. The Labute approximate surface area is 107 Å². The van der Waals surface area contributed by atoms with Crippen molar-refractivity contribution in [1.29, 1.82) is 0 Å². The van der Waals surface area contributed by atoms with Crippen molar-refractivity contribution in [3.05, 3.63) is 59.0 Å². The maximum absolute atomic E-state index is 12.2. The molecule has 3 nitrogen and oxygen atoms in total. The first-order valence-corrected chi connectivity index (χ1v) is 6.17. The number of carbonyl (C=O) groups is 1. The van der Waals surface area contributed by atoms with Gasteiger partial charge in [-0.05, 0) is 30.2 Å². The van der Waals surface area contributed by atoms with Crippen LogP contribution in [-0.2, 0) is 13.0 Å². The van der Waals surface area contributed by atoms with Crippen molar-refractivity contribution in [3.8, 4) is 0 Å². The van der Waals surface area contributed by atoms with Gasteiger partial charge in [-0.2, -0.15) is 0 Å². The highest BCUT2D eigenvalue weighted by atomic mass is 16.3. The number of benzene rings is 1. The summed E-state index contributed by atoms with van der Waals surface area (Å²) in [6.45, 7) is 2.43. The molecule has 0 fully saturated rings. The Morgan fingerprint density at radius 3 is 2.78 bits per heavy atom. The van der Waals surface area contributed by atoms with E-state index < -0.39 is 0 Å². The Kier molecular flexibility index (Phi) is 3.95. The molecule has 0 radical (unpaired) electrons. The number of rotatable bonds is 5. The number of hydrogen-bond donors (Lipinski definition) is 1. The Balaban J connectivity index is 2.25. The van der Waals surface area contributed by atoms with Gasteiger partial charge in [-0.25, -0.2) is 0 Å². The zero-order valence-electron chi connectivity index (χ0n) is 10.5. The summed E-state index contributed by atoms with van der Waals surface area (Å²) in [5.74, 6) is 0.889. The van der Waals surface area contributed by atoms with E-state index in [1.165, 1.54) is 5.56 Å². The summed E-state index contributed by atoms with van der Waals surface area (Å²) in [5, 5.41) is 0. The monoisotopic (exact) mass is 243 g/mol. The molecule has 0 unspecified atom stereocenters. The van der Waals surface area contributed by atoms with E-state index in [9.17, 15) is 4.79 Å². The van der Waals surface area contributed by atoms with Crippen LogP contribution >= 0.6 is 0 Å². The lowest BCUT2D eigenvalue weighted by molar-refractivity contribution is 0.101. The largest absolute Gasteiger partial charge is 0.456 e. The first-order valence-electron chi connectivity index (χ1n) is 6.17. The first-order chi connectivity index (χ1) is 8.74. The van der Waals surface area contributed by atoms with Crippen LogP contribution in [-0.4, -0.2) is 5.78 Å². The first kappa shape index (κ1) is 12.6. The summed E-state index contributed by atoms with van der Waals surface area (Å²) in [4.78, 5) is 12.2. The van der Waals surface area contributed by atoms with Gasteiger partial charge in [-0.3, -0.25) is 4.79 Å². The number of hydrogen-bond acceptors (Lipinski definition) is 3. The van der Waals surface area contributed by atoms with E-state index >= 15 is 0 Å². The minimum atomic E-state index is -0.0901. The van der Waals surface area contributed by atoms with Crippen LogP contribution in [0.3, 0.4) is 0 Å². The summed E-state index contributed by atoms with van der Waals surface area (Å²) in [6, 6.07) is 11.1. The Bertz CT molecular complexity index is 543. The van der Waals surface area contributed by atoms with E-state index in [0.29, 0.717) is 23.6 Å². The molecular weight excluding hydrogens is 226 g/mol. The molecule has 1 heterocycles. The highest BCUT2D eigenvalue weighted by Gasteiger charge is 2.13. The molecule has 0 saturated heterocycles. The topological polar surface area (TPSA) is 56.2 Å². The van der Waals surface area contributed by atoms with Crippen molar-refractivity contribution in [2.24, 2.45) is 5.73 Å². The summed E-state index contributed by atoms with van der Waals surface area (Å²) in [7, 11) is 0. The van der Waals surface area contributed by atoms with Crippen molar-refractivity contribution in [2.45, 2.75) is 26.3 Å². The molecule has 0 saturated carbocycles. The number of nitrogens with two attached hydrogens (primary N) is 1. The van der Waals surface area contributed by atoms with Gasteiger partial charge in [0.2, 0.25) is 5.78 Å². The lowest BCUT2D eigenvalue weighted by atomic mass is 10.0. The Hall–Kier alpha value is -1.87. The van der Waals surface area contributed by atoms with Crippen LogP contribution < -0.4 is 5.73 Å². The van der Waals surface area contributed by atoms with Crippen LogP contribution in [0.5, 0.6) is 0 Å². The summed E-state index contributed by atoms with van der Waals surface area (Å²) < 4.78 is 5.37. The molecule has 0 aliphatic heterocycles. The minimum Gasteiger partial charge on any atom is -0.456 e. The van der Waals surface area contributed by atoms with Crippen LogP contribution in [0.25, 0.3) is 0 Å². The summed E-state index contributed by atoms with van der Waals surface area (Å²) in [5.41, 5.74) is 7.30. The second-order valence-electron chi connectivity index (χ2n) is 4.25. The molecule has 2 rings (SSSR count). The SMILES string of the molecule is CCCc1cccc(C(=O)c2ccc(CN)o2)c1. The highest BCUT2D eigenvalue weighted by Crippen LogP contribution is 2.15. The minimum absolute atomic E-state index is 0.0901. The molecule has 2 N–H and O–H groups in total. The van der Waals surface area contributed by atoms with E-state index in [-0.39, 0.29) is 5.78 Å². The lowest BCUT2D eigenvalue weighted by Gasteiger charge is -2.02. The molecule has 1 aromatic carbocycles. The molecule has 1 aromatic heterocycles. The Morgan fingerprint density at radius 1 is 1.28 bits per heavy atom. The van der Waals surface area contributed by atoms with E-state index in [4.69, 9.17) is 10.2 Å². The normalized spacial score (nSPS) is 10.6. The molecule has 18 heavy (non-hydrogen) atoms. The molecule has 0 amide bonds. The van der Waals surface area contributed by atoms with Gasteiger partial charge in [-0.1, -0.05) is 31.5 Å². The van der Waals surface area contributed by atoms with Gasteiger partial charge in [0, 0.05) is 5.56 Å². The van der Waals surface area contributed by atoms with Gasteiger partial charge in [0.25, 0.3) is 0 Å². The average Bonchev–Trinajstić information content (AvgIpc) is 2.87. The van der Waals surface area contributed by atoms with Gasteiger partial charge in [0.15, 0.2) is 5.76 Å². The number of ketones is 1. The molecule has 0 aliphatic carbocycles. The zero-order chi connectivity index (χ0) is 13.0. The maximum atomic E-state index is 12.2. The molecular formula is C15H17NO2. The number of furan rings is 1. The van der Waals surface area contributed by atoms with E-state index in [1.54, 1.807) is 12.1 Å². The second kappa shape index (κ2) is 5.65. The lowest BCUT2D eigenvalue weighted by Crippen LogP contribution is -2.01. The molecule has 2 aromatic rings. The third-order valence-corrected chi connectivity index (χ3v) is 2.81. The molecule has 3 heteroatoms. The van der Waals surface area contributed by atoms with Crippen LogP contribution in [0.2, 0.25) is 0 Å². The predicted molar refractivity (Wildman–Crippen MR) is 70.5 cm³/mol. The van der Waals surface area contributed by atoms with Crippen molar-refractivity contribution >= 4 is 5.78 Å². The molecule has 0 bridgehead atoms. The summed E-state index contributed by atoms with van der Waals surface area (Å²) >= 11 is 0. The number of aryl methyl sites for hydroxylation is 1. The fourth-order valence-corrected chi connectivity index (χ4v) is 1.91. The molecule has 0 spiro atoms. The third-order valence-electron chi connectivity index (χ3n) is 2.81. The molecule has 94 valence electrons. The van der Waals surface area contributed by atoms with Crippen LogP contribution in [0, 0.1) is 0 Å². The van der Waals surface area contributed by atoms with Crippen LogP contribution in [0.1, 0.15) is 40.8 Å². The van der Waals surface area contributed by atoms with Crippen molar-refractivity contribution in [3.63, 3.8) is 0 Å². The fraction of sp³-hybridized carbons (Fsp3) is 0.267. The maximum Gasteiger partial charge on any atom is 0.228 e. The summed E-state index contributed by atoms with van der Waals surface area (Å²) in [6.07, 6.45) is 2.04. The smallest absolute Gasteiger partial charge is 0.228 e. The van der Waals surface area contributed by atoms with Crippen molar-refractivity contribution < 1.29 is 9.21 Å². The zero-order valence-corrected chi connectivity index (χ0v) is 10.5. The van der Waals surface area contributed by atoms with Crippen molar-refractivity contribution in [2.75, 3.05) is 0 Å². The van der Waals surface area contributed by atoms with Gasteiger partial charge in [0.1, 0.15) is 5.76 Å². The average molecular weight is 243 g/mol. The van der Waals surface area contributed by atoms with Crippen molar-refractivity contribution in [1.82, 2.24) is 0 Å². The van der Waals surface area contributed by atoms with Crippen LogP contribution in [0.15, 0.2) is 40.8 Å². The van der Waals surface area contributed by atoms with Gasteiger partial charge >= 0.3 is 0 Å². The van der Waals surface area contributed by atoms with Gasteiger partial charge in [0.05, 0.1) is 6.54 Å². The standard InChI is InChI=1S/C15H17NO2/c1-2-4-11-5-3-6-12(9-11)15(17)14-8-7-13(10-16)18-14/h3,5-9H,2,4,10,16H2,1H3. The number of carbonyl (C=O) groups excluding carboxylic acids is 1. The molecule has 0 atom stereocenters. The van der Waals surface area contributed by atoms with Crippen LogP contribution in [0.4, 0.5) is 0 Å². The van der Waals surface area contributed by atoms with E-state index in [0.717, 1.165) is 12.8 Å².